The molecule has 0 heterocycles. The Morgan fingerprint density at radius 3 is 2.15 bits per heavy atom. The van der Waals surface area contributed by atoms with E-state index in [-0.39, 0.29) is 6.04 Å². The van der Waals surface area contributed by atoms with Gasteiger partial charge >= 0.3 is 0 Å². The molecule has 0 aliphatic carbocycles. The summed E-state index contributed by atoms with van der Waals surface area (Å²) in [6.45, 7) is 13.5. The van der Waals surface area contributed by atoms with E-state index >= 15 is 0 Å². The number of hydrogen-bond acceptors (Lipinski definition) is 2. The van der Waals surface area contributed by atoms with E-state index in [2.05, 4.69) is 31.9 Å². The highest BCUT2D eigenvalue weighted by Crippen LogP contribution is 2.28. The molecule has 0 radical (unpaired) electrons. The molecule has 2 N–H and O–H groups in total. The molecule has 0 saturated heterocycles. The van der Waals surface area contributed by atoms with Crippen LogP contribution in [0.5, 0.6) is 0 Å². The molecular weight excluding hydrogens is 268 g/mol. The number of benzene rings is 1. The van der Waals surface area contributed by atoms with Crippen molar-refractivity contribution in [3.05, 3.63) is 60.2 Å². The number of nitrogens with zero attached hydrogens (tertiary/aromatic N) is 1. The second-order valence-electron chi connectivity index (χ2n) is 5.24. The summed E-state index contributed by atoms with van der Waals surface area (Å²) in [5.74, 6) is 0. The minimum absolute atomic E-state index is 0.208. The highest BCUT2D eigenvalue weighted by molar-refractivity contribution is 6.30. The minimum Gasteiger partial charge on any atom is -0.320 e. The van der Waals surface area contributed by atoms with E-state index in [1.165, 1.54) is 0 Å². The lowest BCUT2D eigenvalue weighted by Crippen LogP contribution is -2.54. The fourth-order valence-electron chi connectivity index (χ4n) is 2.72. The molecule has 20 heavy (non-hydrogen) atoms. The van der Waals surface area contributed by atoms with Crippen LogP contribution in [0.2, 0.25) is 5.02 Å². The van der Waals surface area contributed by atoms with E-state index < -0.39 is 5.54 Å². The van der Waals surface area contributed by atoms with Crippen LogP contribution in [0.15, 0.2) is 49.6 Å². The van der Waals surface area contributed by atoms with Gasteiger partial charge in [0.15, 0.2) is 0 Å². The summed E-state index contributed by atoms with van der Waals surface area (Å²) in [4.78, 5) is 2.30. The summed E-state index contributed by atoms with van der Waals surface area (Å²) in [6.07, 6.45) is 4.77. The zero-order valence-electron chi connectivity index (χ0n) is 12.5. The van der Waals surface area contributed by atoms with Crippen molar-refractivity contribution in [2.75, 3.05) is 13.1 Å². The van der Waals surface area contributed by atoms with Crippen molar-refractivity contribution in [3.63, 3.8) is 0 Å². The third-order valence-electron chi connectivity index (χ3n) is 3.71. The monoisotopic (exact) mass is 292 g/mol. The minimum atomic E-state index is -0.453. The zero-order chi connectivity index (χ0) is 15.2. The van der Waals surface area contributed by atoms with Gasteiger partial charge in [0.2, 0.25) is 0 Å². The first-order valence-corrected chi connectivity index (χ1v) is 7.35. The first kappa shape index (κ1) is 17.0. The summed E-state index contributed by atoms with van der Waals surface area (Å²) < 4.78 is 0. The fourth-order valence-corrected chi connectivity index (χ4v) is 2.85. The average Bonchev–Trinajstić information content (AvgIpc) is 2.40. The van der Waals surface area contributed by atoms with Crippen LogP contribution in [0.25, 0.3) is 0 Å². The highest BCUT2D eigenvalue weighted by atomic mass is 35.5. The largest absolute Gasteiger partial charge is 0.320 e. The van der Waals surface area contributed by atoms with Crippen LogP contribution in [-0.4, -0.2) is 24.0 Å². The standard InChI is InChI=1S/C17H25ClN2/c1-5-12-20(13-6-2)16(7-3)17(4,19)14-8-10-15(18)11-9-14/h5-6,8-11,16H,1-2,7,12-13,19H2,3-4H3. The summed E-state index contributed by atoms with van der Waals surface area (Å²) in [7, 11) is 0. The van der Waals surface area contributed by atoms with Crippen LogP contribution >= 0.6 is 11.6 Å². The smallest absolute Gasteiger partial charge is 0.0538 e. The molecule has 0 amide bonds. The Kier molecular flexibility index (Phi) is 6.47. The molecule has 1 aromatic rings. The first-order chi connectivity index (χ1) is 9.47. The van der Waals surface area contributed by atoms with Gasteiger partial charge in [-0.05, 0) is 31.0 Å². The molecule has 0 aliphatic rings. The van der Waals surface area contributed by atoms with Gasteiger partial charge in [0, 0.05) is 24.2 Å². The average molecular weight is 293 g/mol. The number of rotatable bonds is 8. The lowest BCUT2D eigenvalue weighted by molar-refractivity contribution is 0.150. The normalized spacial score (nSPS) is 15.7. The van der Waals surface area contributed by atoms with Gasteiger partial charge in [-0.25, -0.2) is 0 Å². The summed E-state index contributed by atoms with van der Waals surface area (Å²) in [5.41, 5.74) is 7.29. The van der Waals surface area contributed by atoms with Crippen molar-refractivity contribution < 1.29 is 0 Å². The van der Waals surface area contributed by atoms with Gasteiger partial charge in [0.25, 0.3) is 0 Å². The SMILES string of the molecule is C=CCN(CC=C)C(CC)C(C)(N)c1ccc(Cl)cc1. The molecule has 0 fully saturated rings. The molecule has 0 aromatic heterocycles. The number of nitrogens with two attached hydrogens (primary N) is 1. The Balaban J connectivity index is 3.08. The molecule has 2 atom stereocenters. The van der Waals surface area contributed by atoms with E-state index in [0.29, 0.717) is 0 Å². The molecule has 0 saturated carbocycles. The van der Waals surface area contributed by atoms with E-state index in [1.807, 2.05) is 36.4 Å². The van der Waals surface area contributed by atoms with E-state index in [1.54, 1.807) is 0 Å². The van der Waals surface area contributed by atoms with Gasteiger partial charge in [-0.1, -0.05) is 42.8 Å². The van der Waals surface area contributed by atoms with E-state index in [4.69, 9.17) is 17.3 Å². The van der Waals surface area contributed by atoms with Crippen molar-refractivity contribution in [1.82, 2.24) is 4.90 Å². The van der Waals surface area contributed by atoms with Crippen molar-refractivity contribution in [1.29, 1.82) is 0 Å². The first-order valence-electron chi connectivity index (χ1n) is 6.98. The number of hydrogen-bond donors (Lipinski definition) is 1. The second kappa shape index (κ2) is 7.63. The molecule has 1 aromatic carbocycles. The molecule has 0 spiro atoms. The molecular formula is C17H25ClN2. The molecule has 0 bridgehead atoms. The predicted molar refractivity (Wildman–Crippen MR) is 89.0 cm³/mol. The molecule has 2 unspecified atom stereocenters. The Labute approximate surface area is 127 Å². The Morgan fingerprint density at radius 2 is 1.75 bits per heavy atom. The van der Waals surface area contributed by atoms with Gasteiger partial charge in [-0.3, -0.25) is 4.90 Å². The lowest BCUT2D eigenvalue weighted by Gasteiger charge is -2.41. The van der Waals surface area contributed by atoms with Crippen molar-refractivity contribution in [3.8, 4) is 0 Å². The van der Waals surface area contributed by atoms with Crippen LogP contribution in [0.4, 0.5) is 0 Å². The molecule has 2 nitrogen and oxygen atoms in total. The highest BCUT2D eigenvalue weighted by Gasteiger charge is 2.34. The maximum absolute atomic E-state index is 6.65. The number of halogens is 1. The zero-order valence-corrected chi connectivity index (χ0v) is 13.2. The lowest BCUT2D eigenvalue weighted by atomic mass is 9.83. The van der Waals surface area contributed by atoms with Crippen LogP contribution in [0.1, 0.15) is 25.8 Å². The van der Waals surface area contributed by atoms with Crippen LogP contribution in [0, 0.1) is 0 Å². The Hall–Kier alpha value is -1.09. The summed E-state index contributed by atoms with van der Waals surface area (Å²) >= 11 is 5.96. The summed E-state index contributed by atoms with van der Waals surface area (Å²) in [5, 5.41) is 0.728. The van der Waals surface area contributed by atoms with Gasteiger partial charge in [0.05, 0.1) is 5.54 Å². The molecule has 3 heteroatoms. The fraction of sp³-hybridized carbons (Fsp3) is 0.412. The third kappa shape index (κ3) is 3.95. The molecule has 110 valence electrons. The van der Waals surface area contributed by atoms with Crippen molar-refractivity contribution >= 4 is 11.6 Å². The van der Waals surface area contributed by atoms with Crippen molar-refractivity contribution in [2.45, 2.75) is 31.8 Å². The Bertz CT molecular complexity index is 427. The van der Waals surface area contributed by atoms with E-state index in [9.17, 15) is 0 Å². The predicted octanol–water partition coefficient (Wildman–Crippen LogP) is 3.97. The summed E-state index contributed by atoms with van der Waals surface area (Å²) in [6, 6.07) is 8.00. The van der Waals surface area contributed by atoms with Gasteiger partial charge < -0.3 is 5.73 Å². The van der Waals surface area contributed by atoms with Gasteiger partial charge in [0.1, 0.15) is 0 Å². The quantitative estimate of drug-likeness (QED) is 0.735. The van der Waals surface area contributed by atoms with Gasteiger partial charge in [-0.2, -0.15) is 0 Å². The second-order valence-corrected chi connectivity index (χ2v) is 5.68. The molecule has 1 rings (SSSR count). The van der Waals surface area contributed by atoms with Crippen LogP contribution in [0.3, 0.4) is 0 Å². The van der Waals surface area contributed by atoms with E-state index in [0.717, 1.165) is 30.1 Å². The van der Waals surface area contributed by atoms with Crippen molar-refractivity contribution in [2.24, 2.45) is 5.73 Å². The topological polar surface area (TPSA) is 29.3 Å². The maximum Gasteiger partial charge on any atom is 0.0538 e. The molecule has 0 aliphatic heterocycles. The van der Waals surface area contributed by atoms with Crippen LogP contribution in [-0.2, 0) is 5.54 Å². The maximum atomic E-state index is 6.65. The third-order valence-corrected chi connectivity index (χ3v) is 3.97. The van der Waals surface area contributed by atoms with Gasteiger partial charge in [-0.15, -0.1) is 13.2 Å². The Morgan fingerprint density at radius 1 is 1.25 bits per heavy atom. The van der Waals surface area contributed by atoms with Crippen LogP contribution < -0.4 is 5.73 Å².